The van der Waals surface area contributed by atoms with E-state index in [1.165, 1.54) is 11.6 Å². The highest BCUT2D eigenvalue weighted by atomic mass is 31.2. The van der Waals surface area contributed by atoms with Gasteiger partial charge in [-0.05, 0) is 44.6 Å². The molecular weight excluding hydrogens is 462 g/mol. The second kappa shape index (κ2) is 11.5. The zero-order valence-electron chi connectivity index (χ0n) is 18.2. The molecule has 3 atom stereocenters. The number of phosphoric ester groups is 1. The Morgan fingerprint density at radius 3 is 2.67 bits per heavy atom. The molecule has 2 rings (SSSR count). The van der Waals surface area contributed by atoms with Crippen LogP contribution in [0.3, 0.4) is 0 Å². The number of allylic oxidation sites excluding steroid dienone is 7. The molecule has 0 aromatic heterocycles. The molecule has 0 bridgehead atoms. The van der Waals surface area contributed by atoms with Crippen molar-refractivity contribution in [1.29, 1.82) is 0 Å². The van der Waals surface area contributed by atoms with Crippen molar-refractivity contribution < 1.29 is 41.9 Å². The zero-order chi connectivity index (χ0) is 24.7. The molecule has 33 heavy (non-hydrogen) atoms. The van der Waals surface area contributed by atoms with Crippen LogP contribution in [0.4, 0.5) is 13.2 Å². The maximum absolute atomic E-state index is 13.6. The van der Waals surface area contributed by atoms with Crippen molar-refractivity contribution in [2.75, 3.05) is 19.8 Å². The van der Waals surface area contributed by atoms with Gasteiger partial charge in [-0.3, -0.25) is 4.52 Å². The Hall–Kier alpha value is -1.86. The third kappa shape index (κ3) is 9.49. The molecule has 2 aliphatic carbocycles. The molecule has 0 aromatic rings. The topological polar surface area (TPSA) is 122 Å². The van der Waals surface area contributed by atoms with Crippen LogP contribution >= 0.6 is 7.82 Å². The molecule has 0 amide bonds. The van der Waals surface area contributed by atoms with Crippen molar-refractivity contribution in [2.24, 2.45) is 17.6 Å². The van der Waals surface area contributed by atoms with Gasteiger partial charge in [0.1, 0.15) is 12.4 Å². The molecule has 184 valence electrons. The number of alkyl halides is 3. The average molecular weight is 491 g/mol. The van der Waals surface area contributed by atoms with Gasteiger partial charge < -0.3 is 25.4 Å². The lowest BCUT2D eigenvalue weighted by molar-refractivity contribution is -0.0945. The number of nitrogens with two attached hydrogens (primary N) is 1. The normalized spacial score (nSPS) is 23.0. The minimum absolute atomic E-state index is 0.00587. The molecule has 0 spiro atoms. The van der Waals surface area contributed by atoms with E-state index in [0.29, 0.717) is 0 Å². The monoisotopic (exact) mass is 491 g/mol. The highest BCUT2D eigenvalue weighted by Crippen LogP contribution is 2.39. The highest BCUT2D eigenvalue weighted by molar-refractivity contribution is 7.46. The van der Waals surface area contributed by atoms with Gasteiger partial charge in [-0.2, -0.15) is 13.2 Å². The second-order valence-electron chi connectivity index (χ2n) is 8.28. The van der Waals surface area contributed by atoms with Gasteiger partial charge in [-0.15, -0.1) is 0 Å². The molecular formula is C22H29F3NO6P. The number of ether oxygens (including phenoxy) is 1. The summed E-state index contributed by atoms with van der Waals surface area (Å²) in [6, 6.07) is 0. The van der Waals surface area contributed by atoms with E-state index in [2.05, 4.69) is 16.4 Å². The number of halogens is 3. The Labute approximate surface area is 191 Å². The molecule has 0 saturated carbocycles. The summed E-state index contributed by atoms with van der Waals surface area (Å²) in [5, 5.41) is 9.46. The van der Waals surface area contributed by atoms with Crippen molar-refractivity contribution in [2.45, 2.75) is 44.3 Å². The van der Waals surface area contributed by atoms with Gasteiger partial charge in [0.2, 0.25) is 0 Å². The van der Waals surface area contributed by atoms with Crippen molar-refractivity contribution in [3.63, 3.8) is 0 Å². The van der Waals surface area contributed by atoms with Crippen LogP contribution in [-0.4, -0.2) is 46.4 Å². The molecule has 0 aromatic carbocycles. The van der Waals surface area contributed by atoms with Crippen LogP contribution in [0, 0.1) is 23.7 Å². The Kier molecular flexibility index (Phi) is 9.56. The SMILES string of the molecule is CC1=CC=CC(C#CCOC2=CCC(CCC(N)(CO)COP(=O)(O)O)C=C2C(F)(F)F)C1. The fraction of sp³-hybridized carbons (Fsp3) is 0.545. The van der Waals surface area contributed by atoms with Gasteiger partial charge >= 0.3 is 14.0 Å². The first kappa shape index (κ1) is 27.4. The molecule has 5 N–H and O–H groups in total. The van der Waals surface area contributed by atoms with Gasteiger partial charge in [0.05, 0.1) is 24.3 Å². The smallest absolute Gasteiger partial charge is 0.469 e. The Balaban J connectivity index is 1.97. The van der Waals surface area contributed by atoms with Crippen LogP contribution in [-0.2, 0) is 13.8 Å². The highest BCUT2D eigenvalue weighted by Gasteiger charge is 2.39. The van der Waals surface area contributed by atoms with Crippen molar-refractivity contribution in [3.05, 3.63) is 47.3 Å². The summed E-state index contributed by atoms with van der Waals surface area (Å²) >= 11 is 0. The lowest BCUT2D eigenvalue weighted by Gasteiger charge is -2.29. The first-order valence-electron chi connectivity index (χ1n) is 10.4. The molecule has 3 unspecified atom stereocenters. The Bertz CT molecular complexity index is 925. The number of hydrogen-bond acceptors (Lipinski definition) is 5. The van der Waals surface area contributed by atoms with Crippen LogP contribution < -0.4 is 5.73 Å². The number of aliphatic hydroxyl groups is 1. The van der Waals surface area contributed by atoms with E-state index in [1.54, 1.807) is 0 Å². The summed E-state index contributed by atoms with van der Waals surface area (Å²) < 4.78 is 61.3. The van der Waals surface area contributed by atoms with Crippen LogP contribution in [0.1, 0.15) is 32.6 Å². The number of phosphoric acid groups is 1. The van der Waals surface area contributed by atoms with E-state index in [-0.39, 0.29) is 37.5 Å². The molecule has 0 radical (unpaired) electrons. The van der Waals surface area contributed by atoms with E-state index in [1.807, 2.05) is 25.2 Å². The van der Waals surface area contributed by atoms with Crippen LogP contribution in [0.2, 0.25) is 0 Å². The Morgan fingerprint density at radius 2 is 2.06 bits per heavy atom. The molecule has 0 fully saturated rings. The largest absolute Gasteiger partial charge is 0.481 e. The first-order valence-corrected chi connectivity index (χ1v) is 11.9. The van der Waals surface area contributed by atoms with Gasteiger partial charge in [0.15, 0.2) is 0 Å². The van der Waals surface area contributed by atoms with E-state index in [4.69, 9.17) is 20.3 Å². The fourth-order valence-electron chi connectivity index (χ4n) is 3.43. The van der Waals surface area contributed by atoms with E-state index >= 15 is 0 Å². The maximum atomic E-state index is 13.6. The predicted molar refractivity (Wildman–Crippen MR) is 116 cm³/mol. The number of rotatable bonds is 9. The minimum Gasteiger partial charge on any atom is -0.481 e. The second-order valence-corrected chi connectivity index (χ2v) is 9.52. The van der Waals surface area contributed by atoms with E-state index in [0.717, 1.165) is 12.5 Å². The molecule has 0 aliphatic heterocycles. The lowest BCUT2D eigenvalue weighted by atomic mass is 9.86. The van der Waals surface area contributed by atoms with Gasteiger partial charge in [-0.25, -0.2) is 4.57 Å². The number of hydrogen-bond donors (Lipinski definition) is 4. The maximum Gasteiger partial charge on any atom is 0.469 e. The molecule has 0 saturated heterocycles. The summed E-state index contributed by atoms with van der Waals surface area (Å²) in [6.45, 7) is 0.528. The van der Waals surface area contributed by atoms with E-state index in [9.17, 15) is 22.8 Å². The number of aliphatic hydroxyl groups excluding tert-OH is 1. The van der Waals surface area contributed by atoms with Crippen LogP contribution in [0.25, 0.3) is 0 Å². The first-order chi connectivity index (χ1) is 15.3. The third-order valence-corrected chi connectivity index (χ3v) is 5.75. The summed E-state index contributed by atoms with van der Waals surface area (Å²) in [7, 11) is -4.79. The third-order valence-electron chi connectivity index (χ3n) is 5.28. The van der Waals surface area contributed by atoms with Crippen LogP contribution in [0.5, 0.6) is 0 Å². The van der Waals surface area contributed by atoms with Gasteiger partial charge in [-0.1, -0.05) is 41.7 Å². The van der Waals surface area contributed by atoms with Crippen molar-refractivity contribution in [3.8, 4) is 11.8 Å². The molecule has 11 heteroatoms. The van der Waals surface area contributed by atoms with Crippen molar-refractivity contribution in [1.82, 2.24) is 0 Å². The predicted octanol–water partition coefficient (Wildman–Crippen LogP) is 3.50. The molecule has 0 heterocycles. The van der Waals surface area contributed by atoms with E-state index < -0.39 is 44.2 Å². The van der Waals surface area contributed by atoms with Gasteiger partial charge in [0.25, 0.3) is 0 Å². The lowest BCUT2D eigenvalue weighted by Crippen LogP contribution is -2.48. The quantitative estimate of drug-likeness (QED) is 0.288. The van der Waals surface area contributed by atoms with Crippen LogP contribution in [0.15, 0.2) is 47.3 Å². The van der Waals surface area contributed by atoms with Crippen molar-refractivity contribution >= 4 is 7.82 Å². The summed E-state index contributed by atoms with van der Waals surface area (Å²) in [5.41, 5.74) is 4.67. The molecule has 2 aliphatic rings. The fourth-order valence-corrected chi connectivity index (χ4v) is 3.86. The Morgan fingerprint density at radius 1 is 1.33 bits per heavy atom. The van der Waals surface area contributed by atoms with Gasteiger partial charge in [0, 0.05) is 5.92 Å². The standard InChI is InChI=1S/C22H29F3NO6P/c1-16-4-2-5-17(12-16)6-3-11-31-20-8-7-18(13-19(20)22(23,24)25)9-10-21(26,14-27)15-32-33(28,29)30/h2,4-5,8,13,17-18,27H,7,9-12,14-15,26H2,1H3,(H2,28,29,30). The minimum atomic E-state index is -4.79. The molecule has 7 nitrogen and oxygen atoms in total. The zero-order valence-corrected chi connectivity index (χ0v) is 19.1. The summed E-state index contributed by atoms with van der Waals surface area (Å²) in [4.78, 5) is 17.6. The summed E-state index contributed by atoms with van der Waals surface area (Å²) in [6.07, 6.45) is 4.76. The average Bonchev–Trinajstić information content (AvgIpc) is 2.73. The summed E-state index contributed by atoms with van der Waals surface area (Å²) in [5.74, 6) is 4.94.